The number of carbonyl (C=O) groups excluding carboxylic acids is 1. The maximum absolute atomic E-state index is 13.6. The van der Waals surface area contributed by atoms with Crippen molar-refractivity contribution in [2.75, 3.05) is 37.3 Å². The summed E-state index contributed by atoms with van der Waals surface area (Å²) in [7, 11) is -3.25. The average molecular weight is 461 g/mol. The van der Waals surface area contributed by atoms with E-state index < -0.39 is 21.5 Å². The van der Waals surface area contributed by atoms with Crippen molar-refractivity contribution >= 4 is 33.0 Å². The smallest absolute Gasteiger partial charge is 0.290 e. The van der Waals surface area contributed by atoms with Gasteiger partial charge in [-0.1, -0.05) is 11.6 Å². The zero-order valence-electron chi connectivity index (χ0n) is 16.9. The molecule has 7 nitrogen and oxygen atoms in total. The van der Waals surface area contributed by atoms with Gasteiger partial charge in [-0.3, -0.25) is 9.48 Å². The number of carbonyl (C=O) groups is 1. The molecule has 2 heterocycles. The molecular weight excluding hydrogens is 438 g/mol. The number of amides is 1. The molecule has 30 heavy (non-hydrogen) atoms. The number of aromatic nitrogens is 2. The summed E-state index contributed by atoms with van der Waals surface area (Å²) in [5.41, 5.74) is 0.669. The van der Waals surface area contributed by atoms with Crippen molar-refractivity contribution in [1.29, 1.82) is 0 Å². The highest BCUT2D eigenvalue weighted by Gasteiger charge is 2.33. The van der Waals surface area contributed by atoms with Crippen LogP contribution in [0, 0.1) is 6.92 Å². The third-order valence-electron chi connectivity index (χ3n) is 5.10. The van der Waals surface area contributed by atoms with Crippen LogP contribution in [0.3, 0.4) is 0 Å². The average Bonchev–Trinajstić information content (AvgIpc) is 2.96. The van der Waals surface area contributed by atoms with E-state index in [-0.39, 0.29) is 22.4 Å². The van der Waals surface area contributed by atoms with Crippen LogP contribution < -0.4 is 4.90 Å². The fraction of sp³-hybridized carbons (Fsp3) is 0.474. The summed E-state index contributed by atoms with van der Waals surface area (Å²) in [5.74, 6) is -3.41. The molecule has 2 aromatic rings. The van der Waals surface area contributed by atoms with Gasteiger partial charge in [0.15, 0.2) is 9.84 Å². The molecule has 0 saturated carbocycles. The number of piperazine rings is 1. The molecular formula is C19H23ClF2N4O3S. The summed E-state index contributed by atoms with van der Waals surface area (Å²) in [4.78, 5) is 16.6. The van der Waals surface area contributed by atoms with Crippen molar-refractivity contribution < 1.29 is 22.0 Å². The zero-order chi connectivity index (χ0) is 22.3. The summed E-state index contributed by atoms with van der Waals surface area (Å²) >= 11 is 5.96. The van der Waals surface area contributed by atoms with Crippen LogP contribution in [0.5, 0.6) is 0 Å². The third-order valence-corrected chi connectivity index (χ3v) is 6.68. The molecule has 1 aliphatic rings. The summed E-state index contributed by atoms with van der Waals surface area (Å²) in [6.45, 7) is 4.16. The molecule has 1 aliphatic heterocycles. The van der Waals surface area contributed by atoms with Crippen molar-refractivity contribution in [3.05, 3.63) is 40.7 Å². The first-order valence-electron chi connectivity index (χ1n) is 9.32. The Hall–Kier alpha value is -2.20. The second-order valence-corrected chi connectivity index (χ2v) is 9.82. The molecule has 1 aromatic heterocycles. The quantitative estimate of drug-likeness (QED) is 0.685. The second kappa shape index (κ2) is 8.14. The van der Waals surface area contributed by atoms with Crippen LogP contribution in [-0.2, 0) is 27.1 Å². The minimum atomic E-state index is -3.25. The Balaban J connectivity index is 1.62. The Kier molecular flexibility index (Phi) is 6.10. The van der Waals surface area contributed by atoms with Gasteiger partial charge in [0, 0.05) is 45.0 Å². The maximum Gasteiger partial charge on any atom is 0.290 e. The molecule has 0 spiro atoms. The van der Waals surface area contributed by atoms with Crippen molar-refractivity contribution in [2.45, 2.75) is 31.2 Å². The van der Waals surface area contributed by atoms with E-state index in [4.69, 9.17) is 11.6 Å². The Morgan fingerprint density at radius 3 is 2.20 bits per heavy atom. The van der Waals surface area contributed by atoms with Crippen LogP contribution in [0.2, 0.25) is 5.02 Å². The Morgan fingerprint density at radius 2 is 1.73 bits per heavy atom. The molecule has 1 saturated heterocycles. The number of anilines is 1. The number of halogens is 3. The molecule has 1 amide bonds. The first kappa shape index (κ1) is 22.5. The zero-order valence-corrected chi connectivity index (χ0v) is 18.5. The van der Waals surface area contributed by atoms with Crippen molar-refractivity contribution in [3.63, 3.8) is 0 Å². The summed E-state index contributed by atoms with van der Waals surface area (Å²) in [5, 5.41) is 3.71. The lowest BCUT2D eigenvalue weighted by Gasteiger charge is -2.36. The van der Waals surface area contributed by atoms with Crippen molar-refractivity contribution in [2.24, 2.45) is 0 Å². The second-order valence-electron chi connectivity index (χ2n) is 7.43. The van der Waals surface area contributed by atoms with Gasteiger partial charge >= 0.3 is 0 Å². The van der Waals surface area contributed by atoms with Gasteiger partial charge in [-0.05, 0) is 31.2 Å². The third kappa shape index (κ3) is 4.75. The highest BCUT2D eigenvalue weighted by molar-refractivity contribution is 7.90. The largest absolute Gasteiger partial charge is 0.368 e. The number of hydrogen-bond acceptors (Lipinski definition) is 5. The molecule has 0 unspecified atom stereocenters. The van der Waals surface area contributed by atoms with E-state index in [0.717, 1.165) is 11.9 Å². The molecule has 0 atom stereocenters. The standard InChI is InChI=1S/C19H23ClF2N4O3S/c1-13-17(20)18(19(2,21)22)23-26(13)12-16(27)25-10-8-24(9-11-25)14-4-6-15(7-5-14)30(3,28)29/h4-7H,8-12H2,1-3H3. The monoisotopic (exact) mass is 460 g/mol. The molecule has 0 aliphatic carbocycles. The molecule has 164 valence electrons. The summed E-state index contributed by atoms with van der Waals surface area (Å²) < 4.78 is 51.6. The predicted octanol–water partition coefficient (Wildman–Crippen LogP) is 2.71. The van der Waals surface area contributed by atoms with Crippen LogP contribution in [0.1, 0.15) is 18.3 Å². The summed E-state index contributed by atoms with van der Waals surface area (Å²) in [6.07, 6.45) is 1.16. The van der Waals surface area contributed by atoms with E-state index in [1.165, 1.54) is 4.68 Å². The number of nitrogens with zero attached hydrogens (tertiary/aromatic N) is 4. The van der Waals surface area contributed by atoms with Crippen molar-refractivity contribution in [3.8, 4) is 0 Å². The van der Waals surface area contributed by atoms with Crippen LogP contribution in [-0.4, -0.2) is 61.4 Å². The number of benzene rings is 1. The van der Waals surface area contributed by atoms with Gasteiger partial charge < -0.3 is 9.80 Å². The van der Waals surface area contributed by atoms with Gasteiger partial charge in [0.1, 0.15) is 12.2 Å². The minimum Gasteiger partial charge on any atom is -0.368 e. The van der Waals surface area contributed by atoms with E-state index in [2.05, 4.69) is 10.00 Å². The van der Waals surface area contributed by atoms with Crippen molar-refractivity contribution in [1.82, 2.24) is 14.7 Å². The van der Waals surface area contributed by atoms with Gasteiger partial charge in [0.25, 0.3) is 5.92 Å². The van der Waals surface area contributed by atoms with Gasteiger partial charge in [-0.25, -0.2) is 8.42 Å². The Bertz CT molecular complexity index is 1040. The maximum atomic E-state index is 13.6. The highest BCUT2D eigenvalue weighted by atomic mass is 35.5. The topological polar surface area (TPSA) is 75.5 Å². The molecule has 3 rings (SSSR count). The van der Waals surface area contributed by atoms with Gasteiger partial charge in [0.05, 0.1) is 15.6 Å². The molecule has 11 heteroatoms. The summed E-state index contributed by atoms with van der Waals surface area (Å²) in [6, 6.07) is 6.62. The first-order valence-corrected chi connectivity index (χ1v) is 11.6. The fourth-order valence-electron chi connectivity index (χ4n) is 3.31. The number of rotatable bonds is 5. The lowest BCUT2D eigenvalue weighted by atomic mass is 10.2. The molecule has 0 radical (unpaired) electrons. The Labute approximate surface area is 179 Å². The minimum absolute atomic E-state index is 0.127. The van der Waals surface area contributed by atoms with E-state index in [0.29, 0.717) is 38.8 Å². The van der Waals surface area contributed by atoms with Crippen LogP contribution in [0.15, 0.2) is 29.2 Å². The first-order chi connectivity index (χ1) is 13.9. The molecule has 0 bridgehead atoms. The lowest BCUT2D eigenvalue weighted by Crippen LogP contribution is -2.49. The fourth-order valence-corrected chi connectivity index (χ4v) is 4.24. The van der Waals surface area contributed by atoms with Crippen LogP contribution in [0.4, 0.5) is 14.5 Å². The van der Waals surface area contributed by atoms with Gasteiger partial charge in [-0.2, -0.15) is 13.9 Å². The Morgan fingerprint density at radius 1 is 1.17 bits per heavy atom. The van der Waals surface area contributed by atoms with Crippen LogP contribution >= 0.6 is 11.6 Å². The van der Waals surface area contributed by atoms with E-state index in [1.54, 1.807) is 36.1 Å². The van der Waals surface area contributed by atoms with Crippen LogP contribution in [0.25, 0.3) is 0 Å². The van der Waals surface area contributed by atoms with E-state index >= 15 is 0 Å². The predicted molar refractivity (Wildman–Crippen MR) is 110 cm³/mol. The molecule has 1 aromatic carbocycles. The molecule has 0 N–H and O–H groups in total. The molecule has 1 fully saturated rings. The lowest BCUT2D eigenvalue weighted by molar-refractivity contribution is -0.132. The number of hydrogen-bond donors (Lipinski definition) is 0. The van der Waals surface area contributed by atoms with E-state index in [9.17, 15) is 22.0 Å². The number of alkyl halides is 2. The SMILES string of the molecule is Cc1c(Cl)c(C(C)(F)F)nn1CC(=O)N1CCN(c2ccc(S(C)(=O)=O)cc2)CC1. The van der Waals surface area contributed by atoms with E-state index in [1.807, 2.05) is 0 Å². The highest BCUT2D eigenvalue weighted by Crippen LogP contribution is 2.33. The van der Waals surface area contributed by atoms with Gasteiger partial charge in [0.2, 0.25) is 5.91 Å². The number of sulfone groups is 1. The normalized spacial score (nSPS) is 15.5. The van der Waals surface area contributed by atoms with Gasteiger partial charge in [-0.15, -0.1) is 0 Å².